The Kier molecular flexibility index (Phi) is 4.57. The molecule has 6 nitrogen and oxygen atoms in total. The Morgan fingerprint density at radius 3 is 2.90 bits per heavy atom. The molecule has 1 aliphatic heterocycles. The Balaban J connectivity index is 1.69. The lowest BCUT2D eigenvalue weighted by molar-refractivity contribution is 0.202. The Hall–Kier alpha value is -1.79. The SMILES string of the molecule is CCN(Cc1nnnn1Cc1ccccc1)C1CCNC1. The zero-order chi connectivity index (χ0) is 14.5. The second kappa shape index (κ2) is 6.78. The highest BCUT2D eigenvalue weighted by Gasteiger charge is 2.22. The van der Waals surface area contributed by atoms with Gasteiger partial charge in [-0.1, -0.05) is 37.3 Å². The molecule has 0 aliphatic carbocycles. The molecular weight excluding hydrogens is 264 g/mol. The van der Waals surface area contributed by atoms with Crippen molar-refractivity contribution in [3.05, 3.63) is 41.7 Å². The highest BCUT2D eigenvalue weighted by Crippen LogP contribution is 2.12. The predicted molar refractivity (Wildman–Crippen MR) is 80.7 cm³/mol. The molecule has 1 aromatic carbocycles. The first kappa shape index (κ1) is 14.2. The lowest BCUT2D eigenvalue weighted by Crippen LogP contribution is -2.37. The van der Waals surface area contributed by atoms with E-state index in [1.54, 1.807) is 0 Å². The summed E-state index contributed by atoms with van der Waals surface area (Å²) in [5.74, 6) is 0.938. The van der Waals surface area contributed by atoms with Gasteiger partial charge in [0.1, 0.15) is 0 Å². The van der Waals surface area contributed by atoms with Crippen molar-refractivity contribution < 1.29 is 0 Å². The van der Waals surface area contributed by atoms with Crippen molar-refractivity contribution in [2.75, 3.05) is 19.6 Å². The normalized spacial score (nSPS) is 18.5. The van der Waals surface area contributed by atoms with E-state index in [4.69, 9.17) is 0 Å². The number of hydrogen-bond acceptors (Lipinski definition) is 5. The lowest BCUT2D eigenvalue weighted by atomic mass is 10.2. The Morgan fingerprint density at radius 1 is 1.33 bits per heavy atom. The van der Waals surface area contributed by atoms with Crippen LogP contribution in [0.4, 0.5) is 0 Å². The van der Waals surface area contributed by atoms with Crippen molar-refractivity contribution in [3.8, 4) is 0 Å². The number of aromatic nitrogens is 4. The monoisotopic (exact) mass is 286 g/mol. The summed E-state index contributed by atoms with van der Waals surface area (Å²) in [7, 11) is 0. The van der Waals surface area contributed by atoms with E-state index in [-0.39, 0.29) is 0 Å². The van der Waals surface area contributed by atoms with E-state index in [0.717, 1.165) is 38.5 Å². The van der Waals surface area contributed by atoms with E-state index < -0.39 is 0 Å². The van der Waals surface area contributed by atoms with E-state index in [9.17, 15) is 0 Å². The number of tetrazole rings is 1. The zero-order valence-electron chi connectivity index (χ0n) is 12.4. The van der Waals surface area contributed by atoms with Crippen LogP contribution in [0.1, 0.15) is 24.7 Å². The standard InChI is InChI=1S/C15H22N6/c1-2-20(14-8-9-16-10-14)12-15-17-18-19-21(15)11-13-6-4-3-5-7-13/h3-7,14,16H,2,8-12H2,1H3. The highest BCUT2D eigenvalue weighted by molar-refractivity contribution is 5.14. The highest BCUT2D eigenvalue weighted by atomic mass is 15.5. The first-order chi connectivity index (χ1) is 10.4. The van der Waals surface area contributed by atoms with Gasteiger partial charge in [0.2, 0.25) is 0 Å². The molecule has 1 atom stereocenters. The van der Waals surface area contributed by atoms with Gasteiger partial charge in [0.25, 0.3) is 0 Å². The average molecular weight is 286 g/mol. The number of likely N-dealkylation sites (N-methyl/N-ethyl adjacent to an activating group) is 1. The fraction of sp³-hybridized carbons (Fsp3) is 0.533. The quantitative estimate of drug-likeness (QED) is 0.855. The molecule has 1 fully saturated rings. The van der Waals surface area contributed by atoms with Gasteiger partial charge >= 0.3 is 0 Å². The van der Waals surface area contributed by atoms with E-state index in [0.29, 0.717) is 6.04 Å². The Morgan fingerprint density at radius 2 is 2.19 bits per heavy atom. The number of rotatable bonds is 6. The van der Waals surface area contributed by atoms with E-state index in [1.165, 1.54) is 12.0 Å². The molecular formula is C15H22N6. The number of benzene rings is 1. The maximum Gasteiger partial charge on any atom is 0.165 e. The molecule has 0 bridgehead atoms. The van der Waals surface area contributed by atoms with E-state index >= 15 is 0 Å². The van der Waals surface area contributed by atoms with Crippen LogP contribution in [0.5, 0.6) is 0 Å². The summed E-state index contributed by atoms with van der Waals surface area (Å²) in [6.45, 7) is 6.92. The average Bonchev–Trinajstić information content (AvgIpc) is 3.18. The number of hydrogen-bond donors (Lipinski definition) is 1. The van der Waals surface area contributed by atoms with Crippen LogP contribution in [0.3, 0.4) is 0 Å². The van der Waals surface area contributed by atoms with Gasteiger partial charge < -0.3 is 5.32 Å². The van der Waals surface area contributed by atoms with Crippen LogP contribution in [0, 0.1) is 0 Å². The van der Waals surface area contributed by atoms with Crippen LogP contribution in [0.25, 0.3) is 0 Å². The molecule has 0 saturated carbocycles. The van der Waals surface area contributed by atoms with Gasteiger partial charge in [0, 0.05) is 12.6 Å². The van der Waals surface area contributed by atoms with Gasteiger partial charge in [0.15, 0.2) is 5.82 Å². The first-order valence-corrected chi connectivity index (χ1v) is 7.60. The van der Waals surface area contributed by atoms with Gasteiger partial charge in [-0.05, 0) is 35.5 Å². The Bertz CT molecular complexity index is 546. The Labute approximate surface area is 125 Å². The van der Waals surface area contributed by atoms with Crippen LogP contribution in [-0.2, 0) is 13.1 Å². The van der Waals surface area contributed by atoms with E-state index in [1.807, 2.05) is 22.9 Å². The van der Waals surface area contributed by atoms with E-state index in [2.05, 4.69) is 44.8 Å². The molecule has 0 amide bonds. The van der Waals surface area contributed by atoms with Crippen LogP contribution in [-0.4, -0.2) is 50.8 Å². The minimum absolute atomic E-state index is 0.594. The molecule has 1 N–H and O–H groups in total. The molecule has 1 aliphatic rings. The fourth-order valence-electron chi connectivity index (χ4n) is 2.85. The molecule has 21 heavy (non-hydrogen) atoms. The number of nitrogens with one attached hydrogen (secondary N) is 1. The predicted octanol–water partition coefficient (Wildman–Crippen LogP) is 0.905. The van der Waals surface area contributed by atoms with Crippen molar-refractivity contribution in [1.82, 2.24) is 30.4 Å². The minimum Gasteiger partial charge on any atom is -0.315 e. The lowest BCUT2D eigenvalue weighted by Gasteiger charge is -2.26. The molecule has 1 aromatic heterocycles. The molecule has 3 rings (SSSR count). The number of nitrogens with zero attached hydrogens (tertiary/aromatic N) is 5. The summed E-state index contributed by atoms with van der Waals surface area (Å²) in [4.78, 5) is 2.45. The maximum absolute atomic E-state index is 4.21. The third-order valence-electron chi connectivity index (χ3n) is 4.08. The van der Waals surface area contributed by atoms with Crippen molar-refractivity contribution in [2.45, 2.75) is 32.5 Å². The summed E-state index contributed by atoms with van der Waals surface area (Å²) < 4.78 is 1.90. The molecule has 1 saturated heterocycles. The molecule has 6 heteroatoms. The summed E-state index contributed by atoms with van der Waals surface area (Å²) in [6, 6.07) is 10.9. The molecule has 2 aromatic rings. The van der Waals surface area contributed by atoms with Gasteiger partial charge in [-0.25, -0.2) is 4.68 Å². The van der Waals surface area contributed by atoms with Crippen molar-refractivity contribution in [2.24, 2.45) is 0 Å². The second-order valence-corrected chi connectivity index (χ2v) is 5.45. The molecule has 0 radical (unpaired) electrons. The summed E-state index contributed by atoms with van der Waals surface area (Å²) in [6.07, 6.45) is 1.20. The molecule has 1 unspecified atom stereocenters. The topological polar surface area (TPSA) is 58.9 Å². The van der Waals surface area contributed by atoms with Crippen LogP contribution >= 0.6 is 0 Å². The van der Waals surface area contributed by atoms with Gasteiger partial charge in [-0.2, -0.15) is 0 Å². The van der Waals surface area contributed by atoms with Gasteiger partial charge in [-0.15, -0.1) is 5.10 Å². The third-order valence-corrected chi connectivity index (χ3v) is 4.08. The van der Waals surface area contributed by atoms with Crippen LogP contribution in [0.2, 0.25) is 0 Å². The van der Waals surface area contributed by atoms with Crippen LogP contribution in [0.15, 0.2) is 30.3 Å². The summed E-state index contributed by atoms with van der Waals surface area (Å²) >= 11 is 0. The maximum atomic E-state index is 4.21. The fourth-order valence-corrected chi connectivity index (χ4v) is 2.85. The largest absolute Gasteiger partial charge is 0.315 e. The first-order valence-electron chi connectivity index (χ1n) is 7.60. The zero-order valence-corrected chi connectivity index (χ0v) is 12.4. The molecule has 0 spiro atoms. The van der Waals surface area contributed by atoms with Crippen molar-refractivity contribution in [1.29, 1.82) is 0 Å². The molecule has 2 heterocycles. The van der Waals surface area contributed by atoms with Crippen molar-refractivity contribution in [3.63, 3.8) is 0 Å². The van der Waals surface area contributed by atoms with Crippen LogP contribution < -0.4 is 5.32 Å². The molecule has 112 valence electrons. The third kappa shape index (κ3) is 3.46. The summed E-state index contributed by atoms with van der Waals surface area (Å²) in [5, 5.41) is 15.6. The minimum atomic E-state index is 0.594. The van der Waals surface area contributed by atoms with Gasteiger partial charge in [-0.3, -0.25) is 4.90 Å². The smallest absolute Gasteiger partial charge is 0.165 e. The second-order valence-electron chi connectivity index (χ2n) is 5.45. The summed E-state index contributed by atoms with van der Waals surface area (Å²) in [5.41, 5.74) is 1.22. The van der Waals surface area contributed by atoms with Crippen molar-refractivity contribution >= 4 is 0 Å². The van der Waals surface area contributed by atoms with Gasteiger partial charge in [0.05, 0.1) is 13.1 Å².